The molecule has 0 bridgehead atoms. The van der Waals surface area contributed by atoms with Crippen molar-refractivity contribution in [1.29, 1.82) is 0 Å². The van der Waals surface area contributed by atoms with E-state index >= 15 is 0 Å². The Bertz CT molecular complexity index is 1560. The van der Waals surface area contributed by atoms with Gasteiger partial charge in [-0.15, -0.1) is 0 Å². The monoisotopic (exact) mass is 501 g/mol. The minimum atomic E-state index is -0.604. The number of nitrogen functional groups attached to an aromatic ring is 1. The number of primary amides is 1. The molecule has 1 aliphatic carbocycles. The summed E-state index contributed by atoms with van der Waals surface area (Å²) in [4.78, 5) is 25.2. The first-order valence-corrected chi connectivity index (χ1v) is 11.6. The second-order valence-electron chi connectivity index (χ2n) is 8.52. The molecule has 0 fully saturated rings. The zero-order valence-electron chi connectivity index (χ0n) is 18.9. The van der Waals surface area contributed by atoms with Gasteiger partial charge in [-0.2, -0.15) is 5.10 Å². The summed E-state index contributed by atoms with van der Waals surface area (Å²) in [7, 11) is 0. The lowest BCUT2D eigenvalue weighted by molar-refractivity contribution is 0.0992. The van der Waals surface area contributed by atoms with Gasteiger partial charge >= 0.3 is 0 Å². The van der Waals surface area contributed by atoms with Crippen LogP contribution in [0.2, 0.25) is 5.02 Å². The van der Waals surface area contributed by atoms with Crippen molar-refractivity contribution in [2.75, 3.05) is 17.8 Å². The predicted molar refractivity (Wildman–Crippen MR) is 135 cm³/mol. The molecule has 1 aromatic heterocycles. The van der Waals surface area contributed by atoms with Crippen molar-refractivity contribution in [3.8, 4) is 28.4 Å². The van der Waals surface area contributed by atoms with Crippen LogP contribution in [0.15, 0.2) is 54.6 Å². The first-order chi connectivity index (χ1) is 17.4. The Labute approximate surface area is 210 Å². The standard InChI is InChI=1S/C26H20ClN5O4/c27-18-2-1-3-19(28)22(18)26(34)30-14-6-4-13-5-8-16-23(25(29)33)31-32(24(16)17(13)10-14)15-7-9-20-21(11-15)36-12-35-20/h1-4,6-7,9-11H,5,8,12,28H2,(H2,29,33)(H,30,34). The summed E-state index contributed by atoms with van der Waals surface area (Å²) >= 11 is 6.22. The minimum Gasteiger partial charge on any atom is -0.454 e. The Balaban J connectivity index is 1.45. The third-order valence-electron chi connectivity index (χ3n) is 6.36. The van der Waals surface area contributed by atoms with Gasteiger partial charge in [-0.1, -0.05) is 23.7 Å². The number of ether oxygens (including phenoxy) is 2. The van der Waals surface area contributed by atoms with Gasteiger partial charge in [-0.3, -0.25) is 9.59 Å². The van der Waals surface area contributed by atoms with Gasteiger partial charge in [0.1, 0.15) is 0 Å². The molecule has 3 aromatic carbocycles. The molecule has 2 heterocycles. The molecular weight excluding hydrogens is 482 g/mol. The number of amides is 2. The van der Waals surface area contributed by atoms with Crippen molar-refractivity contribution in [1.82, 2.24) is 9.78 Å². The maximum absolute atomic E-state index is 13.0. The smallest absolute Gasteiger partial charge is 0.269 e. The molecule has 9 nitrogen and oxygen atoms in total. The molecule has 0 saturated heterocycles. The Kier molecular flexibility index (Phi) is 5.08. The third kappa shape index (κ3) is 3.52. The molecule has 180 valence electrons. The lowest BCUT2D eigenvalue weighted by atomic mass is 9.88. The number of anilines is 2. The van der Waals surface area contributed by atoms with E-state index in [0.29, 0.717) is 35.7 Å². The summed E-state index contributed by atoms with van der Waals surface area (Å²) in [5, 5.41) is 7.72. The number of aryl methyl sites for hydroxylation is 1. The van der Waals surface area contributed by atoms with Crippen molar-refractivity contribution in [2.45, 2.75) is 12.8 Å². The van der Waals surface area contributed by atoms with Gasteiger partial charge in [0.05, 0.1) is 22.0 Å². The van der Waals surface area contributed by atoms with E-state index in [-0.39, 0.29) is 28.8 Å². The highest BCUT2D eigenvalue weighted by Crippen LogP contribution is 2.40. The first kappa shape index (κ1) is 22.0. The van der Waals surface area contributed by atoms with Crippen LogP contribution >= 0.6 is 11.6 Å². The highest BCUT2D eigenvalue weighted by Gasteiger charge is 2.29. The summed E-state index contributed by atoms with van der Waals surface area (Å²) < 4.78 is 12.6. The number of nitrogens with two attached hydrogens (primary N) is 2. The van der Waals surface area contributed by atoms with Gasteiger partial charge in [-0.25, -0.2) is 4.68 Å². The molecule has 0 radical (unpaired) electrons. The minimum absolute atomic E-state index is 0.143. The summed E-state index contributed by atoms with van der Waals surface area (Å²) in [6.45, 7) is 0.143. The molecule has 2 amide bonds. The van der Waals surface area contributed by atoms with Crippen LogP contribution in [-0.4, -0.2) is 28.4 Å². The SMILES string of the molecule is NC(=O)c1nn(-c2ccc3c(c2)OCO3)c2c1CCc1ccc(NC(=O)c3c(N)cccc3Cl)cc1-2. The summed E-state index contributed by atoms with van der Waals surface area (Å²) in [5.74, 6) is 0.204. The molecule has 0 unspecified atom stereocenters. The van der Waals surface area contributed by atoms with Crippen molar-refractivity contribution >= 4 is 34.8 Å². The average molecular weight is 502 g/mol. The fourth-order valence-corrected chi connectivity index (χ4v) is 4.96. The quantitative estimate of drug-likeness (QED) is 0.362. The molecule has 0 spiro atoms. The number of benzene rings is 3. The van der Waals surface area contributed by atoms with Crippen LogP contribution in [0.5, 0.6) is 11.5 Å². The van der Waals surface area contributed by atoms with Gasteiger partial charge in [0.15, 0.2) is 17.2 Å². The van der Waals surface area contributed by atoms with Crippen LogP contribution in [0.1, 0.15) is 32.0 Å². The zero-order valence-corrected chi connectivity index (χ0v) is 19.6. The Morgan fingerprint density at radius 1 is 1.03 bits per heavy atom. The molecule has 5 N–H and O–H groups in total. The van der Waals surface area contributed by atoms with Crippen molar-refractivity contribution in [2.24, 2.45) is 5.73 Å². The van der Waals surface area contributed by atoms with Gasteiger partial charge in [-0.05, 0) is 54.8 Å². The van der Waals surface area contributed by atoms with E-state index < -0.39 is 11.8 Å². The third-order valence-corrected chi connectivity index (χ3v) is 6.67. The number of hydrogen-bond donors (Lipinski definition) is 3. The largest absolute Gasteiger partial charge is 0.454 e. The van der Waals surface area contributed by atoms with Crippen molar-refractivity contribution in [3.63, 3.8) is 0 Å². The van der Waals surface area contributed by atoms with E-state index in [4.69, 9.17) is 32.5 Å². The fraction of sp³-hybridized carbons (Fsp3) is 0.115. The number of rotatable bonds is 4. The Hall–Kier alpha value is -4.50. The average Bonchev–Trinajstić information content (AvgIpc) is 3.48. The number of nitrogens with one attached hydrogen (secondary N) is 1. The molecule has 6 rings (SSSR count). The molecule has 2 aliphatic rings. The maximum Gasteiger partial charge on any atom is 0.269 e. The maximum atomic E-state index is 13.0. The number of aromatic nitrogens is 2. The van der Waals surface area contributed by atoms with E-state index in [1.54, 1.807) is 35.0 Å². The van der Waals surface area contributed by atoms with Gasteiger partial charge < -0.3 is 26.3 Å². The molecule has 0 saturated carbocycles. The van der Waals surface area contributed by atoms with Crippen molar-refractivity contribution in [3.05, 3.63) is 82.0 Å². The molecule has 1 aliphatic heterocycles. The van der Waals surface area contributed by atoms with Gasteiger partial charge in [0.25, 0.3) is 11.8 Å². The normalized spacial score (nSPS) is 13.1. The fourth-order valence-electron chi connectivity index (χ4n) is 4.69. The number of carbonyl (C=O) groups is 2. The number of hydrogen-bond acceptors (Lipinski definition) is 6. The molecule has 10 heteroatoms. The van der Waals surface area contributed by atoms with Crippen molar-refractivity contribution < 1.29 is 19.1 Å². The van der Waals surface area contributed by atoms with Crippen LogP contribution in [0, 0.1) is 0 Å². The molecule has 4 aromatic rings. The van der Waals surface area contributed by atoms with E-state index in [1.165, 1.54) is 0 Å². The first-order valence-electron chi connectivity index (χ1n) is 11.2. The Morgan fingerprint density at radius 3 is 2.67 bits per heavy atom. The van der Waals surface area contributed by atoms with Crippen LogP contribution < -0.4 is 26.3 Å². The summed E-state index contributed by atoms with van der Waals surface area (Å²) in [5.41, 5.74) is 17.0. The van der Waals surface area contributed by atoms with Crippen LogP contribution in [0.3, 0.4) is 0 Å². The highest BCUT2D eigenvalue weighted by molar-refractivity contribution is 6.35. The number of carbonyl (C=O) groups excluding carboxylic acids is 2. The van der Waals surface area contributed by atoms with E-state index in [0.717, 1.165) is 22.4 Å². The van der Waals surface area contributed by atoms with E-state index in [9.17, 15) is 9.59 Å². The molecule has 36 heavy (non-hydrogen) atoms. The van der Waals surface area contributed by atoms with Crippen LogP contribution in [-0.2, 0) is 12.8 Å². The van der Waals surface area contributed by atoms with Gasteiger partial charge in [0.2, 0.25) is 6.79 Å². The summed E-state index contributed by atoms with van der Waals surface area (Å²) in [6.07, 6.45) is 1.30. The second kappa shape index (κ2) is 8.31. The molecular formula is C26H20ClN5O4. The van der Waals surface area contributed by atoms with Crippen LogP contribution in [0.4, 0.5) is 11.4 Å². The van der Waals surface area contributed by atoms with E-state index in [1.807, 2.05) is 24.3 Å². The number of nitrogens with zero attached hydrogens (tertiary/aromatic N) is 2. The topological polar surface area (TPSA) is 134 Å². The Morgan fingerprint density at radius 2 is 1.86 bits per heavy atom. The second-order valence-corrected chi connectivity index (χ2v) is 8.93. The number of fused-ring (bicyclic) bond motifs is 4. The van der Waals surface area contributed by atoms with E-state index in [2.05, 4.69) is 10.4 Å². The predicted octanol–water partition coefficient (Wildman–Crippen LogP) is 3.95. The summed E-state index contributed by atoms with van der Waals surface area (Å²) in [6, 6.07) is 16.0. The van der Waals surface area contributed by atoms with Crippen LogP contribution in [0.25, 0.3) is 16.9 Å². The zero-order chi connectivity index (χ0) is 25.0. The van der Waals surface area contributed by atoms with Gasteiger partial charge in [0, 0.05) is 28.6 Å². The number of halogens is 1. The lowest BCUT2D eigenvalue weighted by Crippen LogP contribution is -2.16. The lowest BCUT2D eigenvalue weighted by Gasteiger charge is -2.20. The molecule has 0 atom stereocenters. The highest BCUT2D eigenvalue weighted by atomic mass is 35.5.